The van der Waals surface area contributed by atoms with Crippen molar-refractivity contribution >= 4 is 24.1 Å². The van der Waals surface area contributed by atoms with E-state index in [1.54, 1.807) is 27.8 Å². The Bertz CT molecular complexity index is 1120. The molecular weight excluding hydrogens is 556 g/mol. The Kier molecular flexibility index (Phi) is 11.4. The highest BCUT2D eigenvalue weighted by Gasteiger charge is 2.53. The number of nitrogens with zero attached hydrogens (tertiary/aromatic N) is 5. The summed E-state index contributed by atoms with van der Waals surface area (Å²) in [5.74, 6) is -1.08. The molecule has 0 spiro atoms. The van der Waals surface area contributed by atoms with Crippen LogP contribution >= 0.6 is 0 Å². The van der Waals surface area contributed by atoms with Gasteiger partial charge in [0.25, 0.3) is 0 Å². The van der Waals surface area contributed by atoms with E-state index in [-0.39, 0.29) is 24.1 Å². The van der Waals surface area contributed by atoms with E-state index in [0.717, 1.165) is 25.9 Å². The van der Waals surface area contributed by atoms with Gasteiger partial charge in [-0.1, -0.05) is 0 Å². The predicted octanol–water partition coefficient (Wildman–Crippen LogP) is 3.35. The Balaban J connectivity index is 0.000000251. The summed E-state index contributed by atoms with van der Waals surface area (Å²) in [4.78, 5) is 51.0. The van der Waals surface area contributed by atoms with E-state index in [1.165, 1.54) is 0 Å². The van der Waals surface area contributed by atoms with Gasteiger partial charge in [-0.3, -0.25) is 9.59 Å². The molecule has 3 amide bonds. The molecule has 2 aliphatic heterocycles. The number of carbonyl (C=O) groups excluding carboxylic acids is 3. The molecule has 0 aromatic rings. The Morgan fingerprint density at radius 1 is 0.837 bits per heavy atom. The summed E-state index contributed by atoms with van der Waals surface area (Å²) in [5.41, 5.74) is -2.70. The number of hydrogen-bond acceptors (Lipinski definition) is 9. The van der Waals surface area contributed by atoms with Gasteiger partial charge in [0.2, 0.25) is 5.91 Å². The van der Waals surface area contributed by atoms with Crippen LogP contribution in [0.5, 0.6) is 0 Å². The summed E-state index contributed by atoms with van der Waals surface area (Å²) < 4.78 is 10.6. The predicted molar refractivity (Wildman–Crippen MR) is 156 cm³/mol. The van der Waals surface area contributed by atoms with Gasteiger partial charge in [-0.2, -0.15) is 10.5 Å². The first-order valence-corrected chi connectivity index (χ1v) is 14.8. The Labute approximate surface area is 255 Å². The molecule has 2 N–H and O–H groups in total. The third kappa shape index (κ3) is 10.3. The van der Waals surface area contributed by atoms with E-state index >= 15 is 0 Å². The van der Waals surface area contributed by atoms with Gasteiger partial charge in [0, 0.05) is 39.3 Å². The number of rotatable bonds is 4. The van der Waals surface area contributed by atoms with Gasteiger partial charge in [-0.15, -0.1) is 0 Å². The molecule has 0 aromatic carbocycles. The molecule has 4 rings (SSSR count). The molecule has 0 radical (unpaired) electrons. The number of nitrogens with one attached hydrogen (secondary N) is 1. The minimum absolute atomic E-state index is 0.0316. The second-order valence-corrected chi connectivity index (χ2v) is 13.7. The average molecular weight is 605 g/mol. The molecule has 2 saturated heterocycles. The first kappa shape index (κ1) is 35.6. The highest BCUT2D eigenvalue weighted by atomic mass is 16.6. The molecule has 0 aromatic heterocycles. The van der Waals surface area contributed by atoms with E-state index in [0.29, 0.717) is 44.8 Å². The van der Waals surface area contributed by atoms with Crippen LogP contribution in [0, 0.1) is 33.5 Å². The lowest BCUT2D eigenvalue weighted by molar-refractivity contribution is -0.141. The van der Waals surface area contributed by atoms with Crippen LogP contribution in [0.3, 0.4) is 0 Å². The number of aliphatic carboxylic acids is 1. The van der Waals surface area contributed by atoms with Gasteiger partial charge in [0.1, 0.15) is 16.6 Å². The van der Waals surface area contributed by atoms with E-state index in [1.807, 2.05) is 48.6 Å². The largest absolute Gasteiger partial charge is 0.480 e. The Morgan fingerprint density at radius 3 is 1.60 bits per heavy atom. The molecule has 2 aliphatic carbocycles. The molecular formula is C30H48N6O7. The number of carbonyl (C=O) groups is 4. The molecule has 2 atom stereocenters. The number of likely N-dealkylation sites (N-methyl/N-ethyl adjacent to an activating group) is 2. The summed E-state index contributed by atoms with van der Waals surface area (Å²) in [6.07, 6.45) is 3.54. The topological polar surface area (TPSA) is 176 Å². The molecule has 4 fully saturated rings. The second-order valence-electron chi connectivity index (χ2n) is 13.7. The maximum Gasteiger partial charge on any atom is 0.410 e. The summed E-state index contributed by atoms with van der Waals surface area (Å²) in [6.45, 7) is 13.7. The summed E-state index contributed by atoms with van der Waals surface area (Å²) in [6, 6.07) is 4.26. The molecule has 13 heteroatoms. The third-order valence-corrected chi connectivity index (χ3v) is 7.68. The van der Waals surface area contributed by atoms with Gasteiger partial charge < -0.3 is 34.6 Å². The number of amides is 3. The van der Waals surface area contributed by atoms with Crippen molar-refractivity contribution in [2.75, 3.05) is 40.3 Å². The van der Waals surface area contributed by atoms with Gasteiger partial charge >= 0.3 is 18.2 Å². The van der Waals surface area contributed by atoms with Crippen molar-refractivity contribution in [1.29, 1.82) is 10.5 Å². The third-order valence-electron chi connectivity index (χ3n) is 7.68. The molecule has 0 bridgehead atoms. The number of ether oxygens (including phenoxy) is 2. The number of likely N-dealkylation sites (tertiary alicyclic amines) is 2. The first-order chi connectivity index (χ1) is 19.8. The maximum atomic E-state index is 12.3. The zero-order chi connectivity index (χ0) is 32.8. The van der Waals surface area contributed by atoms with E-state index in [9.17, 15) is 19.2 Å². The van der Waals surface area contributed by atoms with Crippen molar-refractivity contribution in [1.82, 2.24) is 20.0 Å². The standard InChI is InChI=1S/C15H23N3O3.C10H20N2O2.C5H5NO2/c1-14(2,3)21-13(20)18-8-5-11(9-18)17(4)12(19)15(10-16)6-7-15;1-10(2,3)14-9(13)12-6-5-8(7-12)11-4;6-3-5(1-2-5)4(7)8/h11H,5-9H2,1-4H3;8,11H,5-7H2,1-4H3;1-2H2,(H,7,8)/t11-;8-;/m00./s1. The van der Waals surface area contributed by atoms with Crippen molar-refractivity contribution < 1.29 is 33.8 Å². The molecule has 2 heterocycles. The zero-order valence-corrected chi connectivity index (χ0v) is 26.9. The van der Waals surface area contributed by atoms with Gasteiger partial charge in [0.05, 0.1) is 18.2 Å². The fourth-order valence-electron chi connectivity index (χ4n) is 4.54. The van der Waals surface area contributed by atoms with Gasteiger partial charge in [-0.25, -0.2) is 9.59 Å². The van der Waals surface area contributed by atoms with Crippen LogP contribution < -0.4 is 5.32 Å². The molecule has 13 nitrogen and oxygen atoms in total. The Morgan fingerprint density at radius 2 is 1.28 bits per heavy atom. The average Bonchev–Trinajstić information content (AvgIpc) is 3.78. The fraction of sp³-hybridized carbons (Fsp3) is 0.800. The maximum absolute atomic E-state index is 12.3. The molecule has 0 unspecified atom stereocenters. The fourth-order valence-corrected chi connectivity index (χ4v) is 4.54. The van der Waals surface area contributed by atoms with E-state index in [2.05, 4.69) is 11.4 Å². The van der Waals surface area contributed by atoms with Crippen molar-refractivity contribution in [2.24, 2.45) is 10.8 Å². The SMILES string of the molecule is CN(C(=O)C1(C#N)CC1)[C@H]1CCN(C(=O)OC(C)(C)C)C1.CN[C@H]1CCN(C(=O)OC(C)(C)C)C1.N#CC1(C(=O)O)CC1. The number of nitriles is 2. The highest BCUT2D eigenvalue weighted by molar-refractivity contribution is 5.88. The monoisotopic (exact) mass is 604 g/mol. The van der Waals surface area contributed by atoms with Crippen molar-refractivity contribution in [3.05, 3.63) is 0 Å². The number of carboxylic acids is 1. The number of carboxylic acid groups (broad SMARTS) is 1. The number of hydrogen-bond donors (Lipinski definition) is 2. The molecule has 43 heavy (non-hydrogen) atoms. The van der Waals surface area contributed by atoms with Gasteiger partial charge in [0.15, 0.2) is 5.41 Å². The lowest BCUT2D eigenvalue weighted by Crippen LogP contribution is -2.43. The van der Waals surface area contributed by atoms with E-state index < -0.39 is 28.0 Å². The first-order valence-electron chi connectivity index (χ1n) is 14.8. The quantitative estimate of drug-likeness (QED) is 0.484. The van der Waals surface area contributed by atoms with Gasteiger partial charge in [-0.05, 0) is 87.1 Å². The van der Waals surface area contributed by atoms with Crippen LogP contribution in [0.2, 0.25) is 0 Å². The second kappa shape index (κ2) is 13.8. The summed E-state index contributed by atoms with van der Waals surface area (Å²) in [7, 11) is 3.65. The normalized spacial score (nSPS) is 22.7. The van der Waals surface area contributed by atoms with E-state index in [4.69, 9.17) is 25.1 Å². The minimum Gasteiger partial charge on any atom is -0.480 e. The van der Waals surface area contributed by atoms with Crippen LogP contribution in [0.25, 0.3) is 0 Å². The highest BCUT2D eigenvalue weighted by Crippen LogP contribution is 2.47. The van der Waals surface area contributed by atoms with Crippen LogP contribution in [-0.4, -0.2) is 107 Å². The Hall–Kier alpha value is -3.58. The lowest BCUT2D eigenvalue weighted by Gasteiger charge is -2.27. The molecule has 4 aliphatic rings. The van der Waals surface area contributed by atoms with Crippen LogP contribution in [0.4, 0.5) is 9.59 Å². The van der Waals surface area contributed by atoms with Crippen LogP contribution in [0.1, 0.15) is 80.1 Å². The van der Waals surface area contributed by atoms with Crippen molar-refractivity contribution in [3.63, 3.8) is 0 Å². The summed E-state index contributed by atoms with van der Waals surface area (Å²) in [5, 5.41) is 28.7. The lowest BCUT2D eigenvalue weighted by atomic mass is 10.1. The van der Waals surface area contributed by atoms with Crippen molar-refractivity contribution in [2.45, 2.75) is 103 Å². The molecule has 240 valence electrons. The smallest absolute Gasteiger partial charge is 0.410 e. The summed E-state index contributed by atoms with van der Waals surface area (Å²) >= 11 is 0. The molecule has 2 saturated carbocycles. The minimum atomic E-state index is -0.986. The van der Waals surface area contributed by atoms with Crippen LogP contribution in [-0.2, 0) is 19.1 Å². The zero-order valence-electron chi connectivity index (χ0n) is 26.9. The van der Waals surface area contributed by atoms with Crippen molar-refractivity contribution in [3.8, 4) is 12.1 Å². The van der Waals surface area contributed by atoms with Crippen LogP contribution in [0.15, 0.2) is 0 Å².